The van der Waals surface area contributed by atoms with Gasteiger partial charge in [-0.3, -0.25) is 14.6 Å². The van der Waals surface area contributed by atoms with Gasteiger partial charge in [0.1, 0.15) is 5.69 Å². The van der Waals surface area contributed by atoms with Crippen LogP contribution in [0.25, 0.3) is 0 Å². The molecule has 0 saturated heterocycles. The number of hydrogen-bond donors (Lipinski definition) is 1. The maximum Gasteiger partial charge on any atom is 0.272 e. The first-order valence-corrected chi connectivity index (χ1v) is 9.21. The largest absolute Gasteiger partial charge is 0.348 e. The van der Waals surface area contributed by atoms with E-state index in [9.17, 15) is 9.59 Å². The van der Waals surface area contributed by atoms with Crippen LogP contribution in [0.15, 0.2) is 42.6 Å². The smallest absolute Gasteiger partial charge is 0.272 e. The van der Waals surface area contributed by atoms with Crippen molar-refractivity contribution in [3.8, 4) is 0 Å². The van der Waals surface area contributed by atoms with Gasteiger partial charge in [0.25, 0.3) is 11.8 Å². The van der Waals surface area contributed by atoms with Crippen LogP contribution in [0.1, 0.15) is 53.1 Å². The SMILES string of the molecule is CCCN(CCC)C(=O)c1cc(C(=O)NCc2ccccc2Cl)ccn1. The second-order valence-electron chi connectivity index (χ2n) is 6.00. The maximum atomic E-state index is 12.6. The van der Waals surface area contributed by atoms with Crippen molar-refractivity contribution in [2.45, 2.75) is 33.2 Å². The van der Waals surface area contributed by atoms with E-state index in [2.05, 4.69) is 10.3 Å². The van der Waals surface area contributed by atoms with Crippen molar-refractivity contribution < 1.29 is 9.59 Å². The van der Waals surface area contributed by atoms with E-state index in [-0.39, 0.29) is 17.5 Å². The molecule has 6 heteroatoms. The van der Waals surface area contributed by atoms with Crippen LogP contribution in [0.4, 0.5) is 0 Å². The van der Waals surface area contributed by atoms with Crippen molar-refractivity contribution in [2.24, 2.45) is 0 Å². The highest BCUT2D eigenvalue weighted by Crippen LogP contribution is 2.14. The van der Waals surface area contributed by atoms with Crippen LogP contribution in [0.2, 0.25) is 5.02 Å². The predicted octanol–water partition coefficient (Wildman–Crippen LogP) is 3.93. The number of nitrogens with one attached hydrogen (secondary N) is 1. The third-order valence-electron chi connectivity index (χ3n) is 3.91. The van der Waals surface area contributed by atoms with Gasteiger partial charge in [0.05, 0.1) is 0 Å². The van der Waals surface area contributed by atoms with Crippen molar-refractivity contribution in [3.63, 3.8) is 0 Å². The molecule has 2 rings (SSSR count). The fourth-order valence-corrected chi connectivity index (χ4v) is 2.83. The second kappa shape index (κ2) is 9.92. The fraction of sp³-hybridized carbons (Fsp3) is 0.350. The Balaban J connectivity index is 2.08. The number of nitrogens with zero attached hydrogens (tertiary/aromatic N) is 2. The van der Waals surface area contributed by atoms with Gasteiger partial charge >= 0.3 is 0 Å². The summed E-state index contributed by atoms with van der Waals surface area (Å²) in [5.41, 5.74) is 1.53. The molecule has 1 heterocycles. The Morgan fingerprint density at radius 3 is 2.46 bits per heavy atom. The molecule has 0 radical (unpaired) electrons. The lowest BCUT2D eigenvalue weighted by Crippen LogP contribution is -2.33. The highest BCUT2D eigenvalue weighted by atomic mass is 35.5. The van der Waals surface area contributed by atoms with Gasteiger partial charge in [0.2, 0.25) is 0 Å². The summed E-state index contributed by atoms with van der Waals surface area (Å²) in [6.07, 6.45) is 3.25. The number of halogens is 1. The summed E-state index contributed by atoms with van der Waals surface area (Å²) in [7, 11) is 0. The summed E-state index contributed by atoms with van der Waals surface area (Å²) in [6.45, 7) is 5.74. The van der Waals surface area contributed by atoms with Gasteiger partial charge in [-0.15, -0.1) is 0 Å². The first-order valence-electron chi connectivity index (χ1n) is 8.83. The zero-order valence-corrected chi connectivity index (χ0v) is 15.9. The average molecular weight is 374 g/mol. The highest BCUT2D eigenvalue weighted by Gasteiger charge is 2.17. The van der Waals surface area contributed by atoms with Crippen LogP contribution < -0.4 is 5.32 Å². The van der Waals surface area contributed by atoms with Crippen LogP contribution in [-0.2, 0) is 6.54 Å². The summed E-state index contributed by atoms with van der Waals surface area (Å²) in [4.78, 5) is 31.0. The zero-order chi connectivity index (χ0) is 18.9. The molecular formula is C20H24ClN3O2. The lowest BCUT2D eigenvalue weighted by atomic mass is 10.1. The normalized spacial score (nSPS) is 10.4. The second-order valence-corrected chi connectivity index (χ2v) is 6.40. The third kappa shape index (κ3) is 5.30. The number of carbonyl (C=O) groups is 2. The van der Waals surface area contributed by atoms with Crippen LogP contribution in [0.5, 0.6) is 0 Å². The van der Waals surface area contributed by atoms with Gasteiger partial charge in [0, 0.05) is 36.4 Å². The topological polar surface area (TPSA) is 62.3 Å². The molecule has 0 atom stereocenters. The third-order valence-corrected chi connectivity index (χ3v) is 4.28. The minimum Gasteiger partial charge on any atom is -0.348 e. The number of pyridine rings is 1. The molecular weight excluding hydrogens is 350 g/mol. The zero-order valence-electron chi connectivity index (χ0n) is 15.2. The lowest BCUT2D eigenvalue weighted by molar-refractivity contribution is 0.0749. The molecule has 2 aromatic rings. The Hall–Kier alpha value is -2.40. The van der Waals surface area contributed by atoms with Gasteiger partial charge in [-0.2, -0.15) is 0 Å². The molecule has 0 fully saturated rings. The van der Waals surface area contributed by atoms with Crippen molar-refractivity contribution in [1.82, 2.24) is 15.2 Å². The van der Waals surface area contributed by atoms with Gasteiger partial charge in [-0.05, 0) is 36.6 Å². The summed E-state index contributed by atoms with van der Waals surface area (Å²) in [5.74, 6) is -0.409. The molecule has 5 nitrogen and oxygen atoms in total. The van der Waals surface area contributed by atoms with Crippen molar-refractivity contribution in [2.75, 3.05) is 13.1 Å². The summed E-state index contributed by atoms with van der Waals surface area (Å²) in [5, 5.41) is 3.43. The fourth-order valence-electron chi connectivity index (χ4n) is 2.62. The summed E-state index contributed by atoms with van der Waals surface area (Å²) < 4.78 is 0. The van der Waals surface area contributed by atoms with E-state index < -0.39 is 0 Å². The molecule has 138 valence electrons. The standard InChI is InChI=1S/C20H24ClN3O2/c1-3-11-24(12-4-2)20(26)18-13-15(9-10-22-18)19(25)23-14-16-7-5-6-8-17(16)21/h5-10,13H,3-4,11-12,14H2,1-2H3,(H,23,25). The highest BCUT2D eigenvalue weighted by molar-refractivity contribution is 6.31. The maximum absolute atomic E-state index is 12.6. The van der Waals surface area contributed by atoms with Crippen LogP contribution in [0, 0.1) is 0 Å². The monoisotopic (exact) mass is 373 g/mol. The average Bonchev–Trinajstić information content (AvgIpc) is 2.66. The first kappa shape index (κ1) is 19.9. The Bertz CT molecular complexity index is 758. The Morgan fingerprint density at radius 2 is 1.81 bits per heavy atom. The number of benzene rings is 1. The molecule has 0 unspecified atom stereocenters. The number of aromatic nitrogens is 1. The number of carbonyl (C=O) groups excluding carboxylic acids is 2. The van der Waals surface area contributed by atoms with E-state index in [0.29, 0.717) is 30.2 Å². The van der Waals surface area contributed by atoms with Crippen LogP contribution in [-0.4, -0.2) is 34.8 Å². The van der Waals surface area contributed by atoms with Crippen molar-refractivity contribution in [1.29, 1.82) is 0 Å². The van der Waals surface area contributed by atoms with E-state index in [1.54, 1.807) is 23.1 Å². The Morgan fingerprint density at radius 1 is 1.12 bits per heavy atom. The summed E-state index contributed by atoms with van der Waals surface area (Å²) in [6, 6.07) is 10.5. The predicted molar refractivity (Wildman–Crippen MR) is 103 cm³/mol. The van der Waals surface area contributed by atoms with Crippen molar-refractivity contribution in [3.05, 3.63) is 64.4 Å². The molecule has 0 aliphatic heterocycles. The van der Waals surface area contributed by atoms with Gasteiger partial charge < -0.3 is 10.2 Å². The molecule has 1 aromatic carbocycles. The number of amides is 2. The van der Waals surface area contributed by atoms with E-state index in [0.717, 1.165) is 18.4 Å². The molecule has 26 heavy (non-hydrogen) atoms. The van der Waals surface area contributed by atoms with Gasteiger partial charge in [0.15, 0.2) is 0 Å². The molecule has 1 aromatic heterocycles. The molecule has 2 amide bonds. The van der Waals surface area contributed by atoms with Crippen LogP contribution >= 0.6 is 11.6 Å². The first-order chi connectivity index (χ1) is 12.6. The molecule has 0 bridgehead atoms. The van der Waals surface area contributed by atoms with E-state index in [1.807, 2.05) is 32.0 Å². The van der Waals surface area contributed by atoms with E-state index in [4.69, 9.17) is 11.6 Å². The molecule has 1 N–H and O–H groups in total. The van der Waals surface area contributed by atoms with Crippen molar-refractivity contribution >= 4 is 23.4 Å². The molecule has 0 saturated carbocycles. The number of hydrogen-bond acceptors (Lipinski definition) is 3. The molecule has 0 aliphatic carbocycles. The molecule has 0 spiro atoms. The minimum atomic E-state index is -0.265. The van der Waals surface area contributed by atoms with E-state index in [1.165, 1.54) is 6.20 Å². The minimum absolute atomic E-state index is 0.144. The van der Waals surface area contributed by atoms with Crippen LogP contribution in [0.3, 0.4) is 0 Å². The Kier molecular flexibility index (Phi) is 7.60. The summed E-state index contributed by atoms with van der Waals surface area (Å²) >= 11 is 6.10. The lowest BCUT2D eigenvalue weighted by Gasteiger charge is -2.21. The van der Waals surface area contributed by atoms with E-state index >= 15 is 0 Å². The van der Waals surface area contributed by atoms with Gasteiger partial charge in [-0.1, -0.05) is 43.6 Å². The van der Waals surface area contributed by atoms with Gasteiger partial charge in [-0.25, -0.2) is 0 Å². The Labute approximate surface area is 159 Å². The quantitative estimate of drug-likeness (QED) is 0.762. The number of rotatable bonds is 8. The molecule has 0 aliphatic rings.